The van der Waals surface area contributed by atoms with Crippen LogP contribution in [0.4, 0.5) is 0 Å². The number of esters is 1. The minimum Gasteiger partial charge on any atom is -0.484 e. The Kier molecular flexibility index (Phi) is 9.11. The van der Waals surface area contributed by atoms with Gasteiger partial charge in [0, 0.05) is 0 Å². The number of nitrogens with one attached hydrogen (secondary N) is 1. The number of rotatable bonds is 9. The molecule has 0 aliphatic rings. The largest absolute Gasteiger partial charge is 0.484 e. The number of benzene rings is 3. The van der Waals surface area contributed by atoms with Crippen molar-refractivity contribution in [3.05, 3.63) is 94.5 Å². The first-order chi connectivity index (χ1) is 17.4. The van der Waals surface area contributed by atoms with Crippen LogP contribution >= 0.6 is 11.6 Å². The Morgan fingerprint density at radius 2 is 1.62 bits per heavy atom. The second-order valence-electron chi connectivity index (χ2n) is 10.7. The van der Waals surface area contributed by atoms with E-state index >= 15 is 0 Å². The minimum atomic E-state index is -0.559. The molecule has 194 valence electrons. The summed E-state index contributed by atoms with van der Waals surface area (Å²) in [7, 11) is 0. The van der Waals surface area contributed by atoms with Crippen molar-refractivity contribution in [1.29, 1.82) is 0 Å². The molecular weight excluding hydrogens is 488 g/mol. The number of nitrogens with zero attached hydrogens (tertiary/aromatic N) is 1. The molecule has 0 spiro atoms. The smallest absolute Gasteiger partial charge is 0.345 e. The van der Waals surface area contributed by atoms with E-state index in [9.17, 15) is 9.59 Å². The van der Waals surface area contributed by atoms with Crippen molar-refractivity contribution in [2.75, 3.05) is 6.61 Å². The highest BCUT2D eigenvalue weighted by Crippen LogP contribution is 2.36. The predicted molar refractivity (Wildman–Crippen MR) is 148 cm³/mol. The molecule has 1 amide bonds. The van der Waals surface area contributed by atoms with E-state index in [1.807, 2.05) is 24.3 Å². The van der Waals surface area contributed by atoms with Crippen molar-refractivity contribution in [3.63, 3.8) is 0 Å². The molecule has 3 aromatic rings. The highest BCUT2D eigenvalue weighted by atomic mass is 35.5. The Bertz CT molecular complexity index is 1260. The number of amides is 1. The summed E-state index contributed by atoms with van der Waals surface area (Å²) < 4.78 is 11.0. The van der Waals surface area contributed by atoms with Gasteiger partial charge < -0.3 is 9.47 Å². The molecule has 6 nitrogen and oxygen atoms in total. The van der Waals surface area contributed by atoms with E-state index in [0.29, 0.717) is 22.1 Å². The van der Waals surface area contributed by atoms with E-state index in [1.165, 1.54) is 11.8 Å². The molecule has 0 radical (unpaired) electrons. The van der Waals surface area contributed by atoms with Crippen LogP contribution in [0.25, 0.3) is 0 Å². The lowest BCUT2D eigenvalue weighted by Crippen LogP contribution is -2.25. The van der Waals surface area contributed by atoms with Gasteiger partial charge in [0.15, 0.2) is 6.61 Å². The number of hydrogen-bond donors (Lipinski definition) is 1. The molecule has 3 aromatic carbocycles. The van der Waals surface area contributed by atoms with Crippen molar-refractivity contribution >= 4 is 29.7 Å². The molecule has 0 saturated carbocycles. The quantitative estimate of drug-likeness (QED) is 0.146. The van der Waals surface area contributed by atoms with Gasteiger partial charge >= 0.3 is 5.97 Å². The standard InChI is InChI=1S/C30H33ClN2O4/c1-29(2,3)20-30(4,5)22-13-15-23(16-14-22)36-19-27(34)33-32-18-21-9-8-10-24(17-21)37-28(35)25-11-6-7-12-26(25)31/h6-18H,19-20H2,1-5H3,(H,33,34)/b32-18+. The summed E-state index contributed by atoms with van der Waals surface area (Å²) in [4.78, 5) is 24.5. The first-order valence-electron chi connectivity index (χ1n) is 12.0. The number of carbonyl (C=O) groups is 2. The molecule has 37 heavy (non-hydrogen) atoms. The Balaban J connectivity index is 1.49. The van der Waals surface area contributed by atoms with Crippen LogP contribution in [0.2, 0.25) is 5.02 Å². The number of ether oxygens (including phenoxy) is 2. The third-order valence-corrected chi connectivity index (χ3v) is 5.87. The highest BCUT2D eigenvalue weighted by molar-refractivity contribution is 6.33. The molecule has 0 unspecified atom stereocenters. The van der Waals surface area contributed by atoms with E-state index in [0.717, 1.165) is 6.42 Å². The third-order valence-electron chi connectivity index (χ3n) is 5.54. The first-order valence-corrected chi connectivity index (χ1v) is 12.4. The lowest BCUT2D eigenvalue weighted by atomic mass is 9.72. The Morgan fingerprint density at radius 1 is 0.919 bits per heavy atom. The van der Waals surface area contributed by atoms with Gasteiger partial charge in [-0.05, 0) is 64.8 Å². The van der Waals surface area contributed by atoms with Gasteiger partial charge in [0.25, 0.3) is 5.91 Å². The van der Waals surface area contributed by atoms with Gasteiger partial charge in [-0.25, -0.2) is 10.2 Å². The number of hydrazone groups is 1. The molecule has 0 fully saturated rings. The molecular formula is C30H33ClN2O4. The summed E-state index contributed by atoms with van der Waals surface area (Å²) in [5.41, 5.74) is 4.83. The average molecular weight is 521 g/mol. The minimum absolute atomic E-state index is 0.0348. The summed E-state index contributed by atoms with van der Waals surface area (Å²) >= 11 is 6.05. The molecule has 3 rings (SSSR count). The van der Waals surface area contributed by atoms with Crippen LogP contribution in [0.1, 0.15) is 62.5 Å². The molecule has 0 heterocycles. The summed E-state index contributed by atoms with van der Waals surface area (Å²) in [5, 5.41) is 4.28. The van der Waals surface area contributed by atoms with Gasteiger partial charge in [0.05, 0.1) is 16.8 Å². The van der Waals surface area contributed by atoms with Crippen LogP contribution in [-0.2, 0) is 10.2 Å². The van der Waals surface area contributed by atoms with Gasteiger partial charge in [-0.15, -0.1) is 0 Å². The van der Waals surface area contributed by atoms with Crippen molar-refractivity contribution in [2.24, 2.45) is 10.5 Å². The molecule has 0 aliphatic carbocycles. The summed E-state index contributed by atoms with van der Waals surface area (Å²) in [6.45, 7) is 11.0. The molecule has 0 aromatic heterocycles. The van der Waals surface area contributed by atoms with E-state index in [2.05, 4.69) is 45.1 Å². The van der Waals surface area contributed by atoms with Crippen LogP contribution in [0, 0.1) is 5.41 Å². The maximum atomic E-state index is 12.3. The normalized spacial score (nSPS) is 11.8. The molecule has 7 heteroatoms. The monoisotopic (exact) mass is 520 g/mol. The van der Waals surface area contributed by atoms with Crippen molar-refractivity contribution < 1.29 is 19.1 Å². The SMILES string of the molecule is CC(C)(C)CC(C)(C)c1ccc(OCC(=O)N/N=C/c2cccc(OC(=O)c3ccccc3Cl)c2)cc1. The third kappa shape index (κ3) is 8.76. The van der Waals surface area contributed by atoms with Gasteiger partial charge in [0.1, 0.15) is 11.5 Å². The maximum absolute atomic E-state index is 12.3. The Labute approximate surface area is 223 Å². The zero-order chi connectivity index (χ0) is 27.1. The van der Waals surface area contributed by atoms with Crippen LogP contribution < -0.4 is 14.9 Å². The van der Waals surface area contributed by atoms with E-state index in [4.69, 9.17) is 21.1 Å². The highest BCUT2D eigenvalue weighted by Gasteiger charge is 2.27. The zero-order valence-electron chi connectivity index (χ0n) is 21.9. The second-order valence-corrected chi connectivity index (χ2v) is 11.1. The Hall–Kier alpha value is -3.64. The van der Waals surface area contributed by atoms with Gasteiger partial charge in [-0.2, -0.15) is 5.10 Å². The molecule has 1 N–H and O–H groups in total. The fraction of sp³-hybridized carbons (Fsp3) is 0.300. The van der Waals surface area contributed by atoms with Crippen LogP contribution in [0.15, 0.2) is 77.9 Å². The molecule has 0 saturated heterocycles. The van der Waals surface area contributed by atoms with Crippen molar-refractivity contribution in [3.8, 4) is 11.5 Å². The number of carbonyl (C=O) groups excluding carboxylic acids is 2. The Morgan fingerprint density at radius 3 is 2.30 bits per heavy atom. The second kappa shape index (κ2) is 12.1. The average Bonchev–Trinajstić information content (AvgIpc) is 2.82. The predicted octanol–water partition coefficient (Wildman–Crippen LogP) is 6.80. The lowest BCUT2D eigenvalue weighted by molar-refractivity contribution is -0.123. The topological polar surface area (TPSA) is 77.0 Å². The fourth-order valence-corrected chi connectivity index (χ4v) is 4.45. The summed E-state index contributed by atoms with van der Waals surface area (Å²) in [5.74, 6) is -0.00856. The lowest BCUT2D eigenvalue weighted by Gasteiger charge is -2.33. The van der Waals surface area contributed by atoms with Gasteiger partial charge in [-0.1, -0.05) is 82.6 Å². The van der Waals surface area contributed by atoms with Crippen molar-refractivity contribution in [2.45, 2.75) is 46.5 Å². The molecule has 0 aliphatic heterocycles. The van der Waals surface area contributed by atoms with Crippen LogP contribution in [0.3, 0.4) is 0 Å². The number of hydrogen-bond acceptors (Lipinski definition) is 5. The maximum Gasteiger partial charge on any atom is 0.345 e. The van der Waals surface area contributed by atoms with Crippen LogP contribution in [-0.4, -0.2) is 24.7 Å². The van der Waals surface area contributed by atoms with Crippen LogP contribution in [0.5, 0.6) is 11.5 Å². The molecule has 0 bridgehead atoms. The summed E-state index contributed by atoms with van der Waals surface area (Å²) in [6.07, 6.45) is 2.50. The van der Waals surface area contributed by atoms with E-state index < -0.39 is 11.9 Å². The fourth-order valence-electron chi connectivity index (χ4n) is 4.24. The first kappa shape index (κ1) is 27.9. The van der Waals surface area contributed by atoms with Crippen molar-refractivity contribution in [1.82, 2.24) is 5.43 Å². The molecule has 0 atom stereocenters. The summed E-state index contributed by atoms with van der Waals surface area (Å²) in [6, 6.07) is 21.3. The van der Waals surface area contributed by atoms with E-state index in [-0.39, 0.29) is 23.0 Å². The van der Waals surface area contributed by atoms with Gasteiger partial charge in [-0.3, -0.25) is 4.79 Å². The van der Waals surface area contributed by atoms with E-state index in [1.54, 1.807) is 48.5 Å². The number of halogens is 1. The van der Waals surface area contributed by atoms with Gasteiger partial charge in [0.2, 0.25) is 0 Å². The zero-order valence-corrected chi connectivity index (χ0v) is 22.6.